The van der Waals surface area contributed by atoms with Crippen molar-refractivity contribution < 1.29 is 9.84 Å². The smallest absolute Gasteiger partial charge is 0.208 e. The van der Waals surface area contributed by atoms with Gasteiger partial charge in [-0.2, -0.15) is 0 Å². The Hall–Kier alpha value is -0.870. The maximum Gasteiger partial charge on any atom is 0.208 e. The predicted molar refractivity (Wildman–Crippen MR) is 77.5 cm³/mol. The van der Waals surface area contributed by atoms with Gasteiger partial charge >= 0.3 is 0 Å². The molecule has 1 N–H and O–H groups in total. The number of dihydropyridines is 1. The molecule has 0 aromatic rings. The van der Waals surface area contributed by atoms with Crippen molar-refractivity contribution in [2.24, 2.45) is 4.99 Å². The lowest BCUT2D eigenvalue weighted by Gasteiger charge is -2.25. The molecule has 1 saturated carbocycles. The molecule has 19 heavy (non-hydrogen) atoms. The average Bonchev–Trinajstić information content (AvgIpc) is 2.40. The van der Waals surface area contributed by atoms with Crippen LogP contribution in [0.3, 0.4) is 0 Å². The Kier molecular flexibility index (Phi) is 5.86. The van der Waals surface area contributed by atoms with Gasteiger partial charge in [0.25, 0.3) is 0 Å². The van der Waals surface area contributed by atoms with Crippen LogP contribution in [0.5, 0.6) is 0 Å². The molecule has 1 aliphatic heterocycles. The van der Waals surface area contributed by atoms with Crippen LogP contribution in [0.2, 0.25) is 0 Å². The van der Waals surface area contributed by atoms with Crippen LogP contribution in [0, 0.1) is 0 Å². The third-order valence-corrected chi connectivity index (χ3v) is 3.82. The van der Waals surface area contributed by atoms with Gasteiger partial charge in [-0.25, -0.2) is 0 Å². The molecule has 0 atom stereocenters. The second kappa shape index (κ2) is 7.65. The van der Waals surface area contributed by atoms with E-state index in [1.165, 1.54) is 37.7 Å². The summed E-state index contributed by atoms with van der Waals surface area (Å²) in [6.45, 7) is 2.66. The lowest BCUT2D eigenvalue weighted by atomic mass is 9.98. The first kappa shape index (κ1) is 14.5. The van der Waals surface area contributed by atoms with E-state index >= 15 is 0 Å². The van der Waals surface area contributed by atoms with E-state index in [9.17, 15) is 0 Å². The van der Waals surface area contributed by atoms with Gasteiger partial charge in [0.2, 0.25) is 5.90 Å². The second-order valence-electron chi connectivity index (χ2n) is 5.61. The van der Waals surface area contributed by atoms with Gasteiger partial charge in [0.05, 0.1) is 6.61 Å². The first-order chi connectivity index (χ1) is 9.28. The van der Waals surface area contributed by atoms with E-state index < -0.39 is 0 Å². The van der Waals surface area contributed by atoms with Gasteiger partial charge in [-0.05, 0) is 44.7 Å². The molecule has 4 nitrogen and oxygen atoms in total. The van der Waals surface area contributed by atoms with Crippen LogP contribution < -0.4 is 0 Å². The average molecular weight is 266 g/mol. The highest BCUT2D eigenvalue weighted by Gasteiger charge is 2.17. The fourth-order valence-electron chi connectivity index (χ4n) is 2.75. The molecule has 1 aliphatic carbocycles. The van der Waals surface area contributed by atoms with Gasteiger partial charge in [-0.1, -0.05) is 6.42 Å². The number of aliphatic hydroxyl groups excluding tert-OH is 1. The minimum atomic E-state index is 0.212. The van der Waals surface area contributed by atoms with Crippen molar-refractivity contribution >= 4 is 5.90 Å². The Balaban J connectivity index is 1.83. The van der Waals surface area contributed by atoms with E-state index in [2.05, 4.69) is 16.0 Å². The van der Waals surface area contributed by atoms with Crippen LogP contribution in [-0.4, -0.2) is 55.3 Å². The van der Waals surface area contributed by atoms with Crippen molar-refractivity contribution in [3.63, 3.8) is 0 Å². The number of aliphatic hydroxyl groups is 1. The number of nitrogens with zero attached hydrogens (tertiary/aromatic N) is 2. The fraction of sp³-hybridized carbons (Fsp3) is 0.800. The molecule has 2 aliphatic rings. The van der Waals surface area contributed by atoms with Crippen LogP contribution in [0.4, 0.5) is 0 Å². The maximum atomic E-state index is 8.92. The van der Waals surface area contributed by atoms with E-state index in [1.807, 2.05) is 7.05 Å². The molecule has 0 radical (unpaired) electrons. The Bertz CT molecular complexity index is 333. The molecule has 1 heterocycles. The molecule has 0 aromatic carbocycles. The number of hydrogen-bond donors (Lipinski definition) is 1. The molecule has 0 aromatic heterocycles. The molecule has 0 saturated heterocycles. The molecule has 0 amide bonds. The van der Waals surface area contributed by atoms with Gasteiger partial charge in [-0.3, -0.25) is 4.99 Å². The summed E-state index contributed by atoms with van der Waals surface area (Å²) in [7, 11) is 2.03. The van der Waals surface area contributed by atoms with Crippen LogP contribution in [-0.2, 0) is 4.74 Å². The summed E-state index contributed by atoms with van der Waals surface area (Å²) < 4.78 is 6.01. The molecule has 1 fully saturated rings. The predicted octanol–water partition coefficient (Wildman–Crippen LogP) is 1.99. The number of hydrogen-bond acceptors (Lipinski definition) is 4. The number of rotatable bonds is 5. The van der Waals surface area contributed by atoms with Crippen molar-refractivity contribution in [3.05, 3.63) is 11.6 Å². The molecule has 4 heteroatoms. The lowest BCUT2D eigenvalue weighted by Crippen LogP contribution is -2.27. The molecular formula is C15H26N2O2. The number of aliphatic imine (C=N–C) groups is 1. The summed E-state index contributed by atoms with van der Waals surface area (Å²) in [6, 6.07) is 0. The minimum Gasteiger partial charge on any atom is -0.475 e. The van der Waals surface area contributed by atoms with Crippen LogP contribution >= 0.6 is 0 Å². The van der Waals surface area contributed by atoms with Crippen LogP contribution in [0.1, 0.15) is 38.5 Å². The molecule has 0 unspecified atom stereocenters. The van der Waals surface area contributed by atoms with Gasteiger partial charge in [-0.15, -0.1) is 0 Å². The Morgan fingerprint density at radius 3 is 2.89 bits per heavy atom. The summed E-state index contributed by atoms with van der Waals surface area (Å²) in [6.07, 6.45) is 9.75. The molecule has 0 bridgehead atoms. The molecular weight excluding hydrogens is 240 g/mol. The highest BCUT2D eigenvalue weighted by molar-refractivity contribution is 5.89. The standard InChI is InChI=1S/C15H26N2O2/c1-17(9-10-18)12-13-7-8-16-15(11-13)19-14-5-3-2-4-6-14/h11,14,18H,2-10,12H2,1H3. The fourth-order valence-corrected chi connectivity index (χ4v) is 2.75. The van der Waals surface area contributed by atoms with Crippen molar-refractivity contribution in [1.29, 1.82) is 0 Å². The maximum absolute atomic E-state index is 8.92. The van der Waals surface area contributed by atoms with Crippen molar-refractivity contribution in [1.82, 2.24) is 4.90 Å². The van der Waals surface area contributed by atoms with Crippen molar-refractivity contribution in [2.75, 3.05) is 33.3 Å². The molecule has 0 spiro atoms. The zero-order valence-electron chi connectivity index (χ0n) is 12.0. The number of likely N-dealkylation sites (N-methyl/N-ethyl adjacent to an activating group) is 1. The van der Waals surface area contributed by atoms with Gasteiger partial charge in [0.15, 0.2) is 0 Å². The van der Waals surface area contributed by atoms with Gasteiger partial charge in [0.1, 0.15) is 6.10 Å². The SMILES string of the molecule is CN(CCO)CC1=CC(OC2CCCCC2)=NCC1. The van der Waals surface area contributed by atoms with Gasteiger partial charge < -0.3 is 14.7 Å². The summed E-state index contributed by atoms with van der Waals surface area (Å²) in [5, 5.41) is 8.92. The highest BCUT2D eigenvalue weighted by Crippen LogP contribution is 2.22. The zero-order chi connectivity index (χ0) is 13.5. The summed E-state index contributed by atoms with van der Waals surface area (Å²) in [5.74, 6) is 0.825. The van der Waals surface area contributed by atoms with E-state index in [1.54, 1.807) is 0 Å². The third-order valence-electron chi connectivity index (χ3n) is 3.82. The Morgan fingerprint density at radius 2 is 2.16 bits per heavy atom. The van der Waals surface area contributed by atoms with Gasteiger partial charge in [0, 0.05) is 25.7 Å². The lowest BCUT2D eigenvalue weighted by molar-refractivity contribution is 0.143. The van der Waals surface area contributed by atoms with E-state index in [-0.39, 0.29) is 6.61 Å². The van der Waals surface area contributed by atoms with E-state index in [0.717, 1.165) is 25.4 Å². The van der Waals surface area contributed by atoms with E-state index in [4.69, 9.17) is 9.84 Å². The second-order valence-corrected chi connectivity index (χ2v) is 5.61. The first-order valence-corrected chi connectivity index (χ1v) is 7.48. The number of ether oxygens (including phenoxy) is 1. The zero-order valence-corrected chi connectivity index (χ0v) is 12.0. The Morgan fingerprint density at radius 1 is 1.37 bits per heavy atom. The van der Waals surface area contributed by atoms with Crippen LogP contribution in [0.25, 0.3) is 0 Å². The largest absolute Gasteiger partial charge is 0.475 e. The quantitative estimate of drug-likeness (QED) is 0.827. The third kappa shape index (κ3) is 4.96. The highest BCUT2D eigenvalue weighted by atomic mass is 16.5. The first-order valence-electron chi connectivity index (χ1n) is 7.48. The summed E-state index contributed by atoms with van der Waals surface area (Å²) in [4.78, 5) is 6.61. The van der Waals surface area contributed by atoms with Crippen LogP contribution in [0.15, 0.2) is 16.6 Å². The monoisotopic (exact) mass is 266 g/mol. The molecule has 108 valence electrons. The van der Waals surface area contributed by atoms with Crippen molar-refractivity contribution in [2.45, 2.75) is 44.6 Å². The topological polar surface area (TPSA) is 45.1 Å². The summed E-state index contributed by atoms with van der Waals surface area (Å²) >= 11 is 0. The van der Waals surface area contributed by atoms with Crippen molar-refractivity contribution in [3.8, 4) is 0 Å². The normalized spacial score (nSPS) is 21.2. The Labute approximate surface area is 116 Å². The summed E-state index contributed by atoms with van der Waals surface area (Å²) in [5.41, 5.74) is 1.36. The van der Waals surface area contributed by atoms with E-state index in [0.29, 0.717) is 12.6 Å². The minimum absolute atomic E-state index is 0.212. The molecule has 2 rings (SSSR count).